The second-order valence-electron chi connectivity index (χ2n) is 7.33. The summed E-state index contributed by atoms with van der Waals surface area (Å²) in [6.45, 7) is 9.85. The Morgan fingerprint density at radius 3 is 1.88 bits per heavy atom. The van der Waals surface area contributed by atoms with Crippen molar-refractivity contribution >= 4 is 18.0 Å². The number of amides is 2. The Labute approximate surface area is 146 Å². The van der Waals surface area contributed by atoms with E-state index in [1.54, 1.807) is 41.5 Å². The average molecular weight is 353 g/mol. The summed E-state index contributed by atoms with van der Waals surface area (Å²) >= 11 is 0. The summed E-state index contributed by atoms with van der Waals surface area (Å²) < 4.78 is 10.5. The molecule has 0 saturated carbocycles. The van der Waals surface area contributed by atoms with Crippen LogP contribution in [0.15, 0.2) is 18.3 Å². The van der Waals surface area contributed by atoms with Crippen LogP contribution in [0.3, 0.4) is 0 Å². The van der Waals surface area contributed by atoms with E-state index in [-0.39, 0.29) is 12.4 Å². The SMILES string of the molecule is CC(C)(C)OC(=O)N(Cc1ccc([N+](=O)[O-])nc1)C(=O)OC(C)(C)C. The van der Waals surface area contributed by atoms with Crippen LogP contribution in [-0.2, 0) is 16.0 Å². The van der Waals surface area contributed by atoms with Crippen LogP contribution in [0.4, 0.5) is 15.4 Å². The van der Waals surface area contributed by atoms with Crippen LogP contribution in [0, 0.1) is 10.1 Å². The van der Waals surface area contributed by atoms with Gasteiger partial charge < -0.3 is 19.6 Å². The Morgan fingerprint density at radius 2 is 1.56 bits per heavy atom. The maximum Gasteiger partial charge on any atom is 0.420 e. The van der Waals surface area contributed by atoms with E-state index in [1.807, 2.05) is 0 Å². The van der Waals surface area contributed by atoms with Gasteiger partial charge in [-0.15, -0.1) is 0 Å². The minimum Gasteiger partial charge on any atom is -0.443 e. The van der Waals surface area contributed by atoms with E-state index in [9.17, 15) is 19.7 Å². The van der Waals surface area contributed by atoms with Crippen LogP contribution in [0.25, 0.3) is 0 Å². The first-order valence-corrected chi connectivity index (χ1v) is 7.61. The van der Waals surface area contributed by atoms with Crippen molar-refractivity contribution in [3.63, 3.8) is 0 Å². The van der Waals surface area contributed by atoms with Crippen LogP contribution in [0.5, 0.6) is 0 Å². The maximum absolute atomic E-state index is 12.3. The third kappa shape index (κ3) is 7.15. The quantitative estimate of drug-likeness (QED) is 0.602. The zero-order valence-electron chi connectivity index (χ0n) is 15.2. The second-order valence-corrected chi connectivity index (χ2v) is 7.33. The van der Waals surface area contributed by atoms with E-state index in [4.69, 9.17) is 9.47 Å². The van der Waals surface area contributed by atoms with Gasteiger partial charge in [-0.2, -0.15) is 0 Å². The lowest BCUT2D eigenvalue weighted by Gasteiger charge is -2.28. The molecule has 1 rings (SSSR count). The first-order valence-electron chi connectivity index (χ1n) is 7.61. The molecule has 0 radical (unpaired) electrons. The molecule has 138 valence electrons. The summed E-state index contributed by atoms with van der Waals surface area (Å²) in [6.07, 6.45) is -0.528. The fraction of sp³-hybridized carbons (Fsp3) is 0.562. The smallest absolute Gasteiger partial charge is 0.420 e. The molecule has 0 bridgehead atoms. The molecule has 0 aromatic carbocycles. The molecule has 9 heteroatoms. The molecule has 1 aromatic heterocycles. The molecular formula is C16H23N3O6. The molecule has 0 aliphatic rings. The Kier molecular flexibility index (Phi) is 6.06. The molecule has 2 amide bonds. The fourth-order valence-electron chi connectivity index (χ4n) is 1.64. The molecule has 0 N–H and O–H groups in total. The van der Waals surface area contributed by atoms with Gasteiger partial charge in [0, 0.05) is 11.6 Å². The molecule has 0 aliphatic carbocycles. The van der Waals surface area contributed by atoms with Gasteiger partial charge in [-0.25, -0.2) is 14.5 Å². The number of carbonyl (C=O) groups is 2. The summed E-state index contributed by atoms with van der Waals surface area (Å²) in [6, 6.07) is 2.60. The highest BCUT2D eigenvalue weighted by atomic mass is 16.6. The normalized spacial score (nSPS) is 11.6. The highest BCUT2D eigenvalue weighted by molar-refractivity contribution is 5.88. The van der Waals surface area contributed by atoms with Crippen LogP contribution in [0.2, 0.25) is 0 Å². The van der Waals surface area contributed by atoms with E-state index in [2.05, 4.69) is 4.98 Å². The van der Waals surface area contributed by atoms with Gasteiger partial charge in [0.1, 0.15) is 17.4 Å². The van der Waals surface area contributed by atoms with Crippen molar-refractivity contribution in [1.82, 2.24) is 9.88 Å². The molecular weight excluding hydrogens is 330 g/mol. The summed E-state index contributed by atoms with van der Waals surface area (Å²) in [4.78, 5) is 39.2. The van der Waals surface area contributed by atoms with Gasteiger partial charge in [0.05, 0.1) is 6.54 Å². The van der Waals surface area contributed by atoms with Crippen molar-refractivity contribution in [3.8, 4) is 0 Å². The summed E-state index contributed by atoms with van der Waals surface area (Å²) in [5, 5.41) is 10.6. The number of hydrogen-bond acceptors (Lipinski definition) is 7. The van der Waals surface area contributed by atoms with Crippen molar-refractivity contribution < 1.29 is 24.0 Å². The molecule has 1 aromatic rings. The monoisotopic (exact) mass is 353 g/mol. The third-order valence-electron chi connectivity index (χ3n) is 2.56. The number of aromatic nitrogens is 1. The molecule has 0 aliphatic heterocycles. The molecule has 0 atom stereocenters. The zero-order chi connectivity index (χ0) is 19.4. The minimum atomic E-state index is -0.875. The van der Waals surface area contributed by atoms with E-state index < -0.39 is 28.3 Å². The van der Waals surface area contributed by atoms with Crippen LogP contribution in [0.1, 0.15) is 47.1 Å². The first-order chi connectivity index (χ1) is 11.3. The van der Waals surface area contributed by atoms with Gasteiger partial charge in [-0.05, 0) is 57.5 Å². The summed E-state index contributed by atoms with van der Waals surface area (Å²) in [5.41, 5.74) is -1.18. The molecule has 25 heavy (non-hydrogen) atoms. The fourth-order valence-corrected chi connectivity index (χ4v) is 1.64. The van der Waals surface area contributed by atoms with E-state index in [0.717, 1.165) is 4.90 Å². The van der Waals surface area contributed by atoms with Gasteiger partial charge >= 0.3 is 18.0 Å². The predicted molar refractivity (Wildman–Crippen MR) is 88.9 cm³/mol. The average Bonchev–Trinajstić information content (AvgIpc) is 2.41. The topological polar surface area (TPSA) is 112 Å². The molecule has 0 spiro atoms. The van der Waals surface area contributed by atoms with E-state index in [1.165, 1.54) is 18.3 Å². The third-order valence-corrected chi connectivity index (χ3v) is 2.56. The maximum atomic E-state index is 12.3. The number of imide groups is 1. The number of carbonyl (C=O) groups excluding carboxylic acids is 2. The number of pyridine rings is 1. The van der Waals surface area contributed by atoms with Crippen molar-refractivity contribution in [2.45, 2.75) is 59.3 Å². The van der Waals surface area contributed by atoms with E-state index in [0.29, 0.717) is 5.56 Å². The lowest BCUT2D eigenvalue weighted by Crippen LogP contribution is -2.43. The zero-order valence-corrected chi connectivity index (χ0v) is 15.2. The van der Waals surface area contributed by atoms with Crippen LogP contribution in [-0.4, -0.2) is 38.2 Å². The Balaban J connectivity index is 3.02. The highest BCUT2D eigenvalue weighted by Gasteiger charge is 2.31. The van der Waals surface area contributed by atoms with E-state index >= 15 is 0 Å². The van der Waals surface area contributed by atoms with Crippen LogP contribution >= 0.6 is 0 Å². The minimum absolute atomic E-state index is 0.186. The lowest BCUT2D eigenvalue weighted by molar-refractivity contribution is -0.389. The Bertz CT molecular complexity index is 615. The number of hydrogen-bond donors (Lipinski definition) is 0. The van der Waals surface area contributed by atoms with Crippen molar-refractivity contribution in [2.75, 3.05) is 0 Å². The first kappa shape index (κ1) is 20.3. The van der Waals surface area contributed by atoms with Crippen molar-refractivity contribution in [1.29, 1.82) is 0 Å². The predicted octanol–water partition coefficient (Wildman–Crippen LogP) is 3.66. The molecule has 1 heterocycles. The number of nitrogens with zero attached hydrogens (tertiary/aromatic N) is 3. The summed E-state index contributed by atoms with van der Waals surface area (Å²) in [5.74, 6) is -0.329. The van der Waals surface area contributed by atoms with Gasteiger partial charge in [-0.3, -0.25) is 0 Å². The molecule has 0 fully saturated rings. The molecule has 0 unspecified atom stereocenters. The van der Waals surface area contributed by atoms with Gasteiger partial charge in [0.25, 0.3) is 0 Å². The Hall–Kier alpha value is -2.71. The summed E-state index contributed by atoms with van der Waals surface area (Å²) in [7, 11) is 0. The second kappa shape index (κ2) is 7.45. The van der Waals surface area contributed by atoms with Gasteiger partial charge in [0.15, 0.2) is 0 Å². The standard InChI is InChI=1S/C16H23N3O6/c1-15(2,3)24-13(20)18(14(21)25-16(4,5)6)10-11-7-8-12(17-9-11)19(22)23/h7-9H,10H2,1-6H3. The molecule has 0 saturated heterocycles. The number of ether oxygens (including phenoxy) is 2. The Morgan fingerprint density at radius 1 is 1.08 bits per heavy atom. The highest BCUT2D eigenvalue weighted by Crippen LogP contribution is 2.17. The van der Waals surface area contributed by atoms with Crippen molar-refractivity contribution in [3.05, 3.63) is 34.0 Å². The number of nitro groups is 1. The molecule has 9 nitrogen and oxygen atoms in total. The van der Waals surface area contributed by atoms with Gasteiger partial charge in [-0.1, -0.05) is 0 Å². The van der Waals surface area contributed by atoms with Gasteiger partial charge in [0.2, 0.25) is 0 Å². The lowest BCUT2D eigenvalue weighted by atomic mass is 10.2. The largest absolute Gasteiger partial charge is 0.443 e. The van der Waals surface area contributed by atoms with Crippen LogP contribution < -0.4 is 0 Å². The number of rotatable bonds is 3. The van der Waals surface area contributed by atoms with Crippen molar-refractivity contribution in [2.24, 2.45) is 0 Å².